The van der Waals surface area contributed by atoms with Crippen molar-refractivity contribution >= 4 is 20.0 Å². The van der Waals surface area contributed by atoms with Gasteiger partial charge in [0.25, 0.3) is 0 Å². The molecule has 2 atom stereocenters. The van der Waals surface area contributed by atoms with Gasteiger partial charge in [0.05, 0.1) is 17.3 Å². The van der Waals surface area contributed by atoms with Crippen LogP contribution in [0.4, 0.5) is 0 Å². The highest BCUT2D eigenvalue weighted by Crippen LogP contribution is 2.28. The number of piperazine rings is 1. The number of sulfonamides is 2. The molecule has 0 aliphatic carbocycles. The molecule has 2 aliphatic heterocycles. The lowest BCUT2D eigenvalue weighted by Crippen LogP contribution is -2.64. The molecule has 2 aliphatic rings. The third kappa shape index (κ3) is 4.56. The Morgan fingerprint density at radius 1 is 1.00 bits per heavy atom. The van der Waals surface area contributed by atoms with Crippen LogP contribution >= 0.6 is 0 Å². The summed E-state index contributed by atoms with van der Waals surface area (Å²) in [5.74, 6) is 0. The van der Waals surface area contributed by atoms with Gasteiger partial charge in [-0.05, 0) is 18.6 Å². The molecule has 9 nitrogen and oxygen atoms in total. The fourth-order valence-electron chi connectivity index (χ4n) is 3.73. The summed E-state index contributed by atoms with van der Waals surface area (Å²) >= 11 is 0. The van der Waals surface area contributed by atoms with E-state index in [1.165, 1.54) is 20.7 Å². The van der Waals surface area contributed by atoms with E-state index in [0.29, 0.717) is 26.2 Å². The van der Waals surface area contributed by atoms with Crippen LogP contribution in [0.1, 0.15) is 6.42 Å². The number of aliphatic hydroxyl groups is 2. The molecule has 0 bridgehead atoms. The predicted octanol–water partition coefficient (Wildman–Crippen LogP) is -1.25. The van der Waals surface area contributed by atoms with Gasteiger partial charge < -0.3 is 10.2 Å². The van der Waals surface area contributed by atoms with Crippen molar-refractivity contribution in [2.24, 2.45) is 0 Å². The largest absolute Gasteiger partial charge is 0.390 e. The number of rotatable bonds is 5. The number of nitrogens with zero attached hydrogens (tertiary/aromatic N) is 3. The maximum Gasteiger partial charge on any atom is 0.243 e. The molecule has 2 saturated heterocycles. The van der Waals surface area contributed by atoms with Crippen LogP contribution in [0.25, 0.3) is 0 Å². The van der Waals surface area contributed by atoms with Gasteiger partial charge in [0.15, 0.2) is 0 Å². The molecule has 11 heteroatoms. The van der Waals surface area contributed by atoms with Crippen molar-refractivity contribution in [1.82, 2.24) is 13.5 Å². The van der Waals surface area contributed by atoms with Crippen molar-refractivity contribution in [3.63, 3.8) is 0 Å². The summed E-state index contributed by atoms with van der Waals surface area (Å²) in [5.41, 5.74) is -1.62. The first-order valence-electron chi connectivity index (χ1n) is 9.15. The summed E-state index contributed by atoms with van der Waals surface area (Å²) in [5, 5.41) is 21.5. The second kappa shape index (κ2) is 7.98. The van der Waals surface area contributed by atoms with E-state index in [0.717, 1.165) is 6.26 Å². The third-order valence-corrected chi connectivity index (χ3v) is 8.56. The fraction of sp³-hybridized carbons (Fsp3) is 0.647. The number of aliphatic hydroxyl groups excluding tert-OH is 1. The first-order valence-corrected chi connectivity index (χ1v) is 12.4. The van der Waals surface area contributed by atoms with Gasteiger partial charge in [-0.15, -0.1) is 0 Å². The quantitative estimate of drug-likeness (QED) is 0.596. The highest BCUT2D eigenvalue weighted by Gasteiger charge is 2.46. The van der Waals surface area contributed by atoms with Crippen molar-refractivity contribution in [3.8, 4) is 0 Å². The number of piperidine rings is 1. The van der Waals surface area contributed by atoms with Gasteiger partial charge in [-0.1, -0.05) is 18.2 Å². The Bertz CT molecular complexity index is 885. The van der Waals surface area contributed by atoms with E-state index in [1.54, 1.807) is 18.2 Å². The Labute approximate surface area is 166 Å². The molecule has 0 amide bonds. The molecule has 1 aromatic carbocycles. The van der Waals surface area contributed by atoms with Crippen LogP contribution in [0.3, 0.4) is 0 Å². The average Bonchev–Trinajstić information content (AvgIpc) is 2.64. The van der Waals surface area contributed by atoms with Crippen LogP contribution in [0.15, 0.2) is 35.2 Å². The number of hydrogen-bond donors (Lipinski definition) is 2. The third-order valence-electron chi connectivity index (χ3n) is 5.40. The molecule has 0 radical (unpaired) electrons. The Kier molecular flexibility index (Phi) is 6.16. The van der Waals surface area contributed by atoms with Crippen molar-refractivity contribution in [2.45, 2.75) is 23.0 Å². The summed E-state index contributed by atoms with van der Waals surface area (Å²) in [6.07, 6.45) is 0.238. The minimum Gasteiger partial charge on any atom is -0.390 e. The van der Waals surface area contributed by atoms with Crippen LogP contribution in [-0.4, -0.2) is 104 Å². The fourth-order valence-corrected chi connectivity index (χ4v) is 6.10. The molecule has 0 unspecified atom stereocenters. The van der Waals surface area contributed by atoms with Crippen LogP contribution < -0.4 is 0 Å². The maximum atomic E-state index is 12.9. The second-order valence-electron chi connectivity index (χ2n) is 7.50. The SMILES string of the molecule is CS(=O)(=O)N1CCN(C[C@]2(O)CN(S(=O)(=O)c3ccccc3)CC[C@H]2O)CC1. The standard InChI is InChI=1S/C17H27N3O6S2/c1-27(23,24)19-11-9-18(10-12-19)13-17(22)14-20(8-7-16(17)21)28(25,26)15-5-3-2-4-6-15/h2-6,16,21-22H,7-14H2,1H3/t16-,17+/m1/s1. The lowest BCUT2D eigenvalue weighted by atomic mass is 9.90. The topological polar surface area (TPSA) is 118 Å². The molecule has 0 spiro atoms. The Hall–Kier alpha value is -1.08. The van der Waals surface area contributed by atoms with Gasteiger partial charge in [-0.3, -0.25) is 4.90 Å². The predicted molar refractivity (Wildman–Crippen MR) is 104 cm³/mol. The molecule has 2 N–H and O–H groups in total. The lowest BCUT2D eigenvalue weighted by molar-refractivity contribution is -0.122. The van der Waals surface area contributed by atoms with Gasteiger partial charge in [0, 0.05) is 45.8 Å². The van der Waals surface area contributed by atoms with E-state index in [2.05, 4.69) is 0 Å². The molecular formula is C17H27N3O6S2. The van der Waals surface area contributed by atoms with Gasteiger partial charge in [0.1, 0.15) is 5.60 Å². The van der Waals surface area contributed by atoms with Crippen LogP contribution in [0, 0.1) is 0 Å². The van der Waals surface area contributed by atoms with Crippen LogP contribution in [0.5, 0.6) is 0 Å². The molecule has 158 valence electrons. The molecule has 28 heavy (non-hydrogen) atoms. The zero-order valence-electron chi connectivity index (χ0n) is 15.8. The van der Waals surface area contributed by atoms with Crippen molar-refractivity contribution < 1.29 is 27.0 Å². The minimum absolute atomic E-state index is 0.0760. The minimum atomic E-state index is -3.77. The Balaban J connectivity index is 1.70. The number of hydrogen-bond acceptors (Lipinski definition) is 7. The second-order valence-corrected chi connectivity index (χ2v) is 11.4. The van der Waals surface area contributed by atoms with E-state index < -0.39 is 31.8 Å². The van der Waals surface area contributed by atoms with Gasteiger partial charge in [-0.25, -0.2) is 16.8 Å². The molecule has 2 fully saturated rings. The molecular weight excluding hydrogens is 406 g/mol. The zero-order valence-corrected chi connectivity index (χ0v) is 17.4. The van der Waals surface area contributed by atoms with Crippen molar-refractivity contribution in [1.29, 1.82) is 0 Å². The van der Waals surface area contributed by atoms with E-state index in [1.807, 2.05) is 4.90 Å². The van der Waals surface area contributed by atoms with Gasteiger partial charge in [-0.2, -0.15) is 8.61 Å². The normalized spacial score (nSPS) is 29.0. The Morgan fingerprint density at radius 3 is 2.18 bits per heavy atom. The highest BCUT2D eigenvalue weighted by atomic mass is 32.2. The van der Waals surface area contributed by atoms with Crippen molar-refractivity contribution in [3.05, 3.63) is 30.3 Å². The maximum absolute atomic E-state index is 12.9. The van der Waals surface area contributed by atoms with E-state index in [9.17, 15) is 27.0 Å². The molecule has 0 saturated carbocycles. The number of benzene rings is 1. The summed E-state index contributed by atoms with van der Waals surface area (Å²) in [6.45, 7) is 1.42. The summed E-state index contributed by atoms with van der Waals surface area (Å²) in [7, 11) is -7.03. The average molecular weight is 434 g/mol. The Morgan fingerprint density at radius 2 is 1.61 bits per heavy atom. The molecule has 1 aromatic rings. The summed E-state index contributed by atoms with van der Waals surface area (Å²) < 4.78 is 51.6. The van der Waals surface area contributed by atoms with Crippen molar-refractivity contribution in [2.75, 3.05) is 52.1 Å². The highest BCUT2D eigenvalue weighted by molar-refractivity contribution is 7.89. The smallest absolute Gasteiger partial charge is 0.243 e. The van der Waals surface area contributed by atoms with E-state index >= 15 is 0 Å². The van der Waals surface area contributed by atoms with E-state index in [4.69, 9.17) is 0 Å². The zero-order chi connectivity index (χ0) is 20.6. The van der Waals surface area contributed by atoms with Gasteiger partial charge in [0.2, 0.25) is 20.0 Å². The first kappa shape index (κ1) is 21.6. The van der Waals surface area contributed by atoms with Gasteiger partial charge >= 0.3 is 0 Å². The number of β-amino-alcohol motifs (C(OH)–C–C–N with tert-alkyl or cyclic N) is 1. The molecule has 3 rings (SSSR count). The first-order chi connectivity index (χ1) is 13.0. The van der Waals surface area contributed by atoms with Crippen LogP contribution in [0.2, 0.25) is 0 Å². The van der Waals surface area contributed by atoms with E-state index in [-0.39, 0.29) is 31.0 Å². The summed E-state index contributed by atoms with van der Waals surface area (Å²) in [4.78, 5) is 2.01. The molecule has 2 heterocycles. The monoisotopic (exact) mass is 433 g/mol. The lowest BCUT2D eigenvalue weighted by Gasteiger charge is -2.45. The van der Waals surface area contributed by atoms with Crippen LogP contribution in [-0.2, 0) is 20.0 Å². The summed E-state index contributed by atoms with van der Waals surface area (Å²) in [6, 6.07) is 8.01. The molecule has 0 aromatic heterocycles.